The molecule has 2 aromatic rings. The second-order valence-corrected chi connectivity index (χ2v) is 7.40. The highest BCUT2D eigenvalue weighted by molar-refractivity contribution is 5.89. The van der Waals surface area contributed by atoms with Crippen molar-refractivity contribution in [3.05, 3.63) is 70.8 Å². The maximum Gasteiger partial charge on any atom is 0.338 e. The smallest absolute Gasteiger partial charge is 0.338 e. The van der Waals surface area contributed by atoms with Crippen LogP contribution in [0.5, 0.6) is 0 Å². The summed E-state index contributed by atoms with van der Waals surface area (Å²) >= 11 is 0. The number of hydrogen-bond donors (Lipinski definition) is 0. The molecule has 1 fully saturated rings. The van der Waals surface area contributed by atoms with Crippen molar-refractivity contribution in [2.75, 3.05) is 6.61 Å². The van der Waals surface area contributed by atoms with E-state index in [0.29, 0.717) is 12.2 Å². The van der Waals surface area contributed by atoms with Gasteiger partial charge in [-0.05, 0) is 60.9 Å². The zero-order valence-corrected chi connectivity index (χ0v) is 15.9. The number of rotatable bonds is 7. The van der Waals surface area contributed by atoms with E-state index in [1.54, 1.807) is 0 Å². The normalized spacial score (nSPS) is 15.0. The Morgan fingerprint density at radius 3 is 2.46 bits per heavy atom. The van der Waals surface area contributed by atoms with Crippen LogP contribution in [0, 0.1) is 5.92 Å². The van der Waals surface area contributed by atoms with Crippen molar-refractivity contribution in [3.8, 4) is 0 Å². The van der Waals surface area contributed by atoms with Gasteiger partial charge in [-0.1, -0.05) is 68.5 Å². The monoisotopic (exact) mass is 350 g/mol. The summed E-state index contributed by atoms with van der Waals surface area (Å²) in [5, 5.41) is 0. The average molecular weight is 351 g/mol. The molecule has 0 heterocycles. The standard InChI is InChI=1S/C24H30O2/c1-2-26-24(25)23-16-15-21(17-20-11-7-4-8-12-20)22(18-23)14-13-19-9-5-3-6-10-19/h3,5-6,9-10,15-16,18,20H,2,4,7-8,11-14,17H2,1H3. The van der Waals surface area contributed by atoms with Crippen LogP contribution in [0.4, 0.5) is 0 Å². The molecular formula is C24H30O2. The van der Waals surface area contributed by atoms with Crippen LogP contribution in [-0.4, -0.2) is 12.6 Å². The highest BCUT2D eigenvalue weighted by Crippen LogP contribution is 2.28. The van der Waals surface area contributed by atoms with E-state index in [1.807, 2.05) is 13.0 Å². The van der Waals surface area contributed by atoms with Crippen LogP contribution in [0.15, 0.2) is 48.5 Å². The summed E-state index contributed by atoms with van der Waals surface area (Å²) in [4.78, 5) is 12.2. The molecule has 0 atom stereocenters. The molecule has 3 rings (SSSR count). The van der Waals surface area contributed by atoms with E-state index >= 15 is 0 Å². The molecule has 2 nitrogen and oxygen atoms in total. The van der Waals surface area contributed by atoms with Crippen LogP contribution in [-0.2, 0) is 24.0 Å². The lowest BCUT2D eigenvalue weighted by Gasteiger charge is -2.23. The molecule has 0 N–H and O–H groups in total. The van der Waals surface area contributed by atoms with Gasteiger partial charge in [-0.15, -0.1) is 0 Å². The van der Waals surface area contributed by atoms with E-state index in [0.717, 1.165) is 25.2 Å². The Bertz CT molecular complexity index is 699. The lowest BCUT2D eigenvalue weighted by molar-refractivity contribution is 0.0526. The summed E-state index contributed by atoms with van der Waals surface area (Å²) in [6.07, 6.45) is 9.93. The fourth-order valence-electron chi connectivity index (χ4n) is 4.03. The van der Waals surface area contributed by atoms with E-state index in [-0.39, 0.29) is 5.97 Å². The predicted octanol–water partition coefficient (Wildman–Crippen LogP) is 5.77. The van der Waals surface area contributed by atoms with Crippen molar-refractivity contribution in [3.63, 3.8) is 0 Å². The van der Waals surface area contributed by atoms with Crippen molar-refractivity contribution in [1.82, 2.24) is 0 Å². The van der Waals surface area contributed by atoms with Gasteiger partial charge in [0.1, 0.15) is 0 Å². The molecular weight excluding hydrogens is 320 g/mol. The maximum absolute atomic E-state index is 12.2. The number of esters is 1. The summed E-state index contributed by atoms with van der Waals surface area (Å²) in [5.74, 6) is 0.588. The quantitative estimate of drug-likeness (QED) is 0.592. The Hall–Kier alpha value is -2.09. The maximum atomic E-state index is 12.2. The summed E-state index contributed by atoms with van der Waals surface area (Å²) in [7, 11) is 0. The highest BCUT2D eigenvalue weighted by atomic mass is 16.5. The largest absolute Gasteiger partial charge is 0.462 e. The van der Waals surface area contributed by atoms with Crippen LogP contribution in [0.2, 0.25) is 0 Å². The van der Waals surface area contributed by atoms with Gasteiger partial charge in [-0.2, -0.15) is 0 Å². The van der Waals surface area contributed by atoms with Crippen LogP contribution in [0.1, 0.15) is 66.1 Å². The van der Waals surface area contributed by atoms with Gasteiger partial charge in [0.25, 0.3) is 0 Å². The van der Waals surface area contributed by atoms with Crippen LogP contribution < -0.4 is 0 Å². The summed E-state index contributed by atoms with van der Waals surface area (Å²) in [5.41, 5.74) is 4.76. The molecule has 0 saturated heterocycles. The first-order chi connectivity index (χ1) is 12.8. The third-order valence-corrected chi connectivity index (χ3v) is 5.48. The van der Waals surface area contributed by atoms with E-state index < -0.39 is 0 Å². The fraction of sp³-hybridized carbons (Fsp3) is 0.458. The van der Waals surface area contributed by atoms with Crippen molar-refractivity contribution < 1.29 is 9.53 Å². The Morgan fingerprint density at radius 2 is 1.73 bits per heavy atom. The van der Waals surface area contributed by atoms with Gasteiger partial charge in [0.05, 0.1) is 12.2 Å². The molecule has 0 radical (unpaired) electrons. The number of benzene rings is 2. The van der Waals surface area contributed by atoms with Gasteiger partial charge < -0.3 is 4.74 Å². The van der Waals surface area contributed by atoms with E-state index in [1.165, 1.54) is 48.8 Å². The van der Waals surface area contributed by atoms with Gasteiger partial charge in [0, 0.05) is 0 Å². The predicted molar refractivity (Wildman–Crippen MR) is 107 cm³/mol. The van der Waals surface area contributed by atoms with E-state index in [2.05, 4.69) is 42.5 Å². The molecule has 26 heavy (non-hydrogen) atoms. The Balaban J connectivity index is 1.78. The van der Waals surface area contributed by atoms with Gasteiger partial charge in [0.2, 0.25) is 0 Å². The molecule has 0 spiro atoms. The first kappa shape index (κ1) is 18.7. The fourth-order valence-corrected chi connectivity index (χ4v) is 4.03. The van der Waals surface area contributed by atoms with Gasteiger partial charge >= 0.3 is 5.97 Å². The second-order valence-electron chi connectivity index (χ2n) is 7.40. The van der Waals surface area contributed by atoms with Crippen LogP contribution in [0.3, 0.4) is 0 Å². The van der Waals surface area contributed by atoms with E-state index in [9.17, 15) is 4.79 Å². The second kappa shape index (κ2) is 9.56. The lowest BCUT2D eigenvalue weighted by Crippen LogP contribution is -2.12. The minimum atomic E-state index is -0.210. The lowest BCUT2D eigenvalue weighted by atomic mass is 9.83. The van der Waals surface area contributed by atoms with E-state index in [4.69, 9.17) is 4.74 Å². The molecule has 138 valence electrons. The molecule has 2 heteroatoms. The number of ether oxygens (including phenoxy) is 1. The molecule has 2 aromatic carbocycles. The molecule has 0 aromatic heterocycles. The Kier molecular flexibility index (Phi) is 6.88. The average Bonchev–Trinajstić information content (AvgIpc) is 2.69. The highest BCUT2D eigenvalue weighted by Gasteiger charge is 2.17. The molecule has 1 aliphatic rings. The Morgan fingerprint density at radius 1 is 0.962 bits per heavy atom. The molecule has 1 saturated carbocycles. The van der Waals surface area contributed by atoms with Crippen LogP contribution in [0.25, 0.3) is 0 Å². The minimum absolute atomic E-state index is 0.210. The van der Waals surface area contributed by atoms with Gasteiger partial charge in [0.15, 0.2) is 0 Å². The SMILES string of the molecule is CCOC(=O)c1ccc(CC2CCCCC2)c(CCc2ccccc2)c1. The molecule has 1 aliphatic carbocycles. The number of carbonyl (C=O) groups is 1. The first-order valence-corrected chi connectivity index (χ1v) is 10.1. The zero-order chi connectivity index (χ0) is 18.2. The minimum Gasteiger partial charge on any atom is -0.462 e. The molecule has 0 bridgehead atoms. The topological polar surface area (TPSA) is 26.3 Å². The first-order valence-electron chi connectivity index (χ1n) is 10.1. The third-order valence-electron chi connectivity index (χ3n) is 5.48. The van der Waals surface area contributed by atoms with Crippen molar-refractivity contribution in [1.29, 1.82) is 0 Å². The number of hydrogen-bond acceptors (Lipinski definition) is 2. The Labute approximate surface area is 157 Å². The van der Waals surface area contributed by atoms with Gasteiger partial charge in [-0.25, -0.2) is 4.79 Å². The van der Waals surface area contributed by atoms with Crippen molar-refractivity contribution >= 4 is 5.97 Å². The number of aryl methyl sites for hydroxylation is 2. The van der Waals surface area contributed by atoms with Crippen molar-refractivity contribution in [2.24, 2.45) is 5.92 Å². The van der Waals surface area contributed by atoms with Gasteiger partial charge in [-0.3, -0.25) is 0 Å². The van der Waals surface area contributed by atoms with Crippen molar-refractivity contribution in [2.45, 2.75) is 58.3 Å². The summed E-state index contributed by atoms with van der Waals surface area (Å²) in [6, 6.07) is 16.8. The molecule has 0 amide bonds. The summed E-state index contributed by atoms with van der Waals surface area (Å²) in [6.45, 7) is 2.27. The summed E-state index contributed by atoms with van der Waals surface area (Å²) < 4.78 is 5.20. The molecule has 0 aliphatic heterocycles. The zero-order valence-electron chi connectivity index (χ0n) is 15.9. The molecule has 0 unspecified atom stereocenters. The number of carbonyl (C=O) groups excluding carboxylic acids is 1. The third kappa shape index (κ3) is 5.20. The van der Waals surface area contributed by atoms with Crippen LogP contribution >= 0.6 is 0 Å².